The fourth-order valence-corrected chi connectivity index (χ4v) is 2.76. The van der Waals surface area contributed by atoms with Crippen LogP contribution in [-0.2, 0) is 9.59 Å². The van der Waals surface area contributed by atoms with Gasteiger partial charge < -0.3 is 16.0 Å². The third kappa shape index (κ3) is 2.44. The Balaban J connectivity index is 1.98. The largest absolute Gasteiger partial charge is 0.369 e. The van der Waals surface area contributed by atoms with Crippen molar-refractivity contribution in [1.82, 2.24) is 10.2 Å². The van der Waals surface area contributed by atoms with Gasteiger partial charge in [-0.2, -0.15) is 0 Å². The number of carbonyl (C=O) groups excluding carboxylic acids is 2. The van der Waals surface area contributed by atoms with Gasteiger partial charge in [0.25, 0.3) is 0 Å². The van der Waals surface area contributed by atoms with Crippen LogP contribution < -0.4 is 11.1 Å². The number of rotatable bonds is 2. The van der Waals surface area contributed by atoms with Crippen LogP contribution in [-0.4, -0.2) is 41.9 Å². The molecular weight excluding hydrogens is 218 g/mol. The molecule has 0 aromatic rings. The molecule has 2 fully saturated rings. The summed E-state index contributed by atoms with van der Waals surface area (Å²) in [6.07, 6.45) is 3.80. The van der Waals surface area contributed by atoms with Gasteiger partial charge in [0.05, 0.1) is 11.5 Å². The van der Waals surface area contributed by atoms with Gasteiger partial charge in [0.2, 0.25) is 11.8 Å². The van der Waals surface area contributed by atoms with E-state index in [1.54, 1.807) is 4.90 Å². The highest BCUT2D eigenvalue weighted by molar-refractivity contribution is 5.87. The third-order valence-electron chi connectivity index (χ3n) is 3.97. The van der Waals surface area contributed by atoms with E-state index >= 15 is 0 Å². The van der Waals surface area contributed by atoms with Crippen LogP contribution in [0.4, 0.5) is 0 Å². The van der Waals surface area contributed by atoms with Gasteiger partial charge >= 0.3 is 0 Å². The summed E-state index contributed by atoms with van der Waals surface area (Å²) in [5.41, 5.74) is 4.84. The normalized spacial score (nSPS) is 33.7. The molecular formula is C12H21N3O2. The third-order valence-corrected chi connectivity index (χ3v) is 3.97. The van der Waals surface area contributed by atoms with Crippen LogP contribution in [0.3, 0.4) is 0 Å². The molecule has 2 unspecified atom stereocenters. The van der Waals surface area contributed by atoms with E-state index in [0.29, 0.717) is 19.5 Å². The summed E-state index contributed by atoms with van der Waals surface area (Å²) in [7, 11) is 0. The lowest BCUT2D eigenvalue weighted by molar-refractivity contribution is -0.137. The molecule has 0 aliphatic carbocycles. The smallest absolute Gasteiger partial charge is 0.242 e. The number of piperidine rings is 1. The second kappa shape index (κ2) is 4.64. The van der Waals surface area contributed by atoms with Gasteiger partial charge in [-0.15, -0.1) is 0 Å². The van der Waals surface area contributed by atoms with Crippen molar-refractivity contribution in [3.8, 4) is 0 Å². The molecule has 5 nitrogen and oxygen atoms in total. The number of hydrogen-bond donors (Lipinski definition) is 2. The predicted octanol–water partition coefficient (Wildman–Crippen LogP) is -0.148. The van der Waals surface area contributed by atoms with E-state index in [1.807, 2.05) is 6.92 Å². The molecule has 0 aromatic heterocycles. The topological polar surface area (TPSA) is 75.4 Å². The van der Waals surface area contributed by atoms with Gasteiger partial charge in [-0.25, -0.2) is 0 Å². The maximum Gasteiger partial charge on any atom is 0.242 e. The molecule has 2 aliphatic heterocycles. The Kier molecular flexibility index (Phi) is 3.38. The number of likely N-dealkylation sites (tertiary alicyclic amines) is 1. The first kappa shape index (κ1) is 12.4. The number of hydrogen-bond acceptors (Lipinski definition) is 3. The molecule has 17 heavy (non-hydrogen) atoms. The maximum atomic E-state index is 12.4. The van der Waals surface area contributed by atoms with Gasteiger partial charge in [-0.05, 0) is 39.2 Å². The Morgan fingerprint density at radius 3 is 2.71 bits per heavy atom. The zero-order valence-corrected chi connectivity index (χ0v) is 10.4. The van der Waals surface area contributed by atoms with E-state index in [1.165, 1.54) is 0 Å². The summed E-state index contributed by atoms with van der Waals surface area (Å²) in [5.74, 6) is -0.325. The first-order chi connectivity index (χ1) is 8.03. The van der Waals surface area contributed by atoms with E-state index < -0.39 is 5.54 Å². The van der Waals surface area contributed by atoms with E-state index in [0.717, 1.165) is 25.8 Å². The Hall–Kier alpha value is -1.10. The molecule has 2 saturated heterocycles. The second-order valence-corrected chi connectivity index (χ2v) is 5.36. The molecule has 2 heterocycles. The highest BCUT2D eigenvalue weighted by atomic mass is 16.2. The quantitative estimate of drug-likeness (QED) is 0.704. The minimum Gasteiger partial charge on any atom is -0.369 e. The number of amides is 2. The Morgan fingerprint density at radius 2 is 2.18 bits per heavy atom. The van der Waals surface area contributed by atoms with Gasteiger partial charge in [0.1, 0.15) is 0 Å². The molecule has 2 rings (SSSR count). The fourth-order valence-electron chi connectivity index (χ4n) is 2.76. The lowest BCUT2D eigenvalue weighted by Gasteiger charge is -2.36. The number of primary amides is 1. The van der Waals surface area contributed by atoms with Crippen molar-refractivity contribution in [2.24, 2.45) is 11.7 Å². The number of nitrogens with two attached hydrogens (primary N) is 1. The van der Waals surface area contributed by atoms with Crippen LogP contribution in [0, 0.1) is 5.92 Å². The maximum absolute atomic E-state index is 12.4. The van der Waals surface area contributed by atoms with E-state index in [-0.39, 0.29) is 17.7 Å². The van der Waals surface area contributed by atoms with Gasteiger partial charge in [-0.1, -0.05) is 0 Å². The molecule has 0 radical (unpaired) electrons. The van der Waals surface area contributed by atoms with Crippen molar-refractivity contribution < 1.29 is 9.59 Å². The molecule has 3 N–H and O–H groups in total. The fraction of sp³-hybridized carbons (Fsp3) is 0.833. The molecule has 0 bridgehead atoms. The molecule has 5 heteroatoms. The predicted molar refractivity (Wildman–Crippen MR) is 64.1 cm³/mol. The van der Waals surface area contributed by atoms with Crippen LogP contribution in [0.15, 0.2) is 0 Å². The number of nitrogens with zero attached hydrogens (tertiary/aromatic N) is 1. The van der Waals surface area contributed by atoms with E-state index in [2.05, 4.69) is 5.32 Å². The molecule has 0 spiro atoms. The van der Waals surface area contributed by atoms with Crippen LogP contribution in [0.1, 0.15) is 32.6 Å². The monoisotopic (exact) mass is 239 g/mol. The number of carbonyl (C=O) groups is 2. The lowest BCUT2D eigenvalue weighted by Crippen LogP contribution is -2.57. The molecule has 96 valence electrons. The SMILES string of the molecule is CC1(C(=O)N2CCC(C(N)=O)C2)CCCCN1. The molecule has 2 atom stereocenters. The summed E-state index contributed by atoms with van der Waals surface area (Å²) in [4.78, 5) is 25.3. The summed E-state index contributed by atoms with van der Waals surface area (Å²) >= 11 is 0. The standard InChI is InChI=1S/C12H21N3O2/c1-12(5-2-3-6-14-12)11(17)15-7-4-9(8-15)10(13)16/h9,14H,2-8H2,1H3,(H2,13,16). The number of nitrogens with one attached hydrogen (secondary N) is 1. The Bertz CT molecular complexity index is 324. The van der Waals surface area contributed by atoms with Gasteiger partial charge in [-0.3, -0.25) is 9.59 Å². The average molecular weight is 239 g/mol. The van der Waals surface area contributed by atoms with Crippen LogP contribution in [0.5, 0.6) is 0 Å². The van der Waals surface area contributed by atoms with Crippen LogP contribution in [0.25, 0.3) is 0 Å². The highest BCUT2D eigenvalue weighted by Gasteiger charge is 2.40. The lowest BCUT2D eigenvalue weighted by atomic mass is 9.89. The molecule has 0 aromatic carbocycles. The highest BCUT2D eigenvalue weighted by Crippen LogP contribution is 2.25. The van der Waals surface area contributed by atoms with Crippen molar-refractivity contribution in [2.45, 2.75) is 38.1 Å². The first-order valence-corrected chi connectivity index (χ1v) is 6.37. The summed E-state index contributed by atoms with van der Waals surface area (Å²) in [6, 6.07) is 0. The summed E-state index contributed by atoms with van der Waals surface area (Å²) in [5, 5.41) is 3.31. The van der Waals surface area contributed by atoms with Crippen molar-refractivity contribution in [1.29, 1.82) is 0 Å². The van der Waals surface area contributed by atoms with Crippen LogP contribution in [0.2, 0.25) is 0 Å². The minimum absolute atomic E-state index is 0.126. The van der Waals surface area contributed by atoms with Gasteiger partial charge in [0, 0.05) is 13.1 Å². The van der Waals surface area contributed by atoms with Crippen molar-refractivity contribution >= 4 is 11.8 Å². The molecule has 0 saturated carbocycles. The van der Waals surface area contributed by atoms with Crippen molar-refractivity contribution in [3.05, 3.63) is 0 Å². The Labute approximate surface area is 102 Å². The second-order valence-electron chi connectivity index (χ2n) is 5.36. The average Bonchev–Trinajstić information content (AvgIpc) is 2.78. The first-order valence-electron chi connectivity index (χ1n) is 6.37. The van der Waals surface area contributed by atoms with E-state index in [4.69, 9.17) is 5.73 Å². The van der Waals surface area contributed by atoms with Crippen molar-refractivity contribution in [2.75, 3.05) is 19.6 Å². The molecule has 2 amide bonds. The zero-order chi connectivity index (χ0) is 12.5. The van der Waals surface area contributed by atoms with E-state index in [9.17, 15) is 9.59 Å². The van der Waals surface area contributed by atoms with Gasteiger partial charge in [0.15, 0.2) is 0 Å². The molecule has 2 aliphatic rings. The summed E-state index contributed by atoms with van der Waals surface area (Å²) < 4.78 is 0. The minimum atomic E-state index is -0.440. The summed E-state index contributed by atoms with van der Waals surface area (Å²) in [6.45, 7) is 4.01. The van der Waals surface area contributed by atoms with Crippen LogP contribution >= 0.6 is 0 Å². The zero-order valence-electron chi connectivity index (χ0n) is 10.4. The Morgan fingerprint density at radius 1 is 1.41 bits per heavy atom. The van der Waals surface area contributed by atoms with Crippen molar-refractivity contribution in [3.63, 3.8) is 0 Å².